The highest BCUT2D eigenvalue weighted by Crippen LogP contribution is 2.09. The van der Waals surface area contributed by atoms with Crippen molar-refractivity contribution < 1.29 is 28.6 Å². The standard InChI is InChI=1S/C47H72O6/c1-4-7-10-13-16-19-21-23-25-28-31-34-37-40-46(49)52-43-44(42-51-45(48)39-36-33-30-27-18-15-12-9-6-3)53-47(50)41-38-35-32-29-26-24-22-20-17-14-11-8-5-2/h7,9-10,12-13,16,18-19,21,23-27,32-33,35-36,44H,4-6,8,11,14-15,17,20,22,28-31,34,37-43H2,1-3H3/b10-7-,12-9-,16-13-,21-19-,25-23-,26-24-,27-18-,35-32-,36-33-. The summed E-state index contributed by atoms with van der Waals surface area (Å²) in [6, 6.07) is 0. The topological polar surface area (TPSA) is 78.9 Å². The van der Waals surface area contributed by atoms with Crippen molar-refractivity contribution in [3.8, 4) is 0 Å². The van der Waals surface area contributed by atoms with E-state index in [2.05, 4.69) is 75.5 Å². The van der Waals surface area contributed by atoms with Gasteiger partial charge in [-0.25, -0.2) is 0 Å². The highest BCUT2D eigenvalue weighted by molar-refractivity contribution is 5.72. The summed E-state index contributed by atoms with van der Waals surface area (Å²) >= 11 is 0. The zero-order chi connectivity index (χ0) is 38.7. The fourth-order valence-electron chi connectivity index (χ4n) is 4.86. The molecule has 0 heterocycles. The third kappa shape index (κ3) is 39.1. The quantitative estimate of drug-likeness (QED) is 0.0215. The van der Waals surface area contributed by atoms with Crippen LogP contribution in [0.25, 0.3) is 0 Å². The average molecular weight is 733 g/mol. The van der Waals surface area contributed by atoms with E-state index in [1.54, 1.807) is 6.08 Å². The molecule has 0 saturated carbocycles. The lowest BCUT2D eigenvalue weighted by Gasteiger charge is -2.18. The maximum absolute atomic E-state index is 12.6. The Balaban J connectivity index is 4.63. The van der Waals surface area contributed by atoms with Crippen molar-refractivity contribution in [1.29, 1.82) is 0 Å². The predicted molar refractivity (Wildman–Crippen MR) is 223 cm³/mol. The van der Waals surface area contributed by atoms with Crippen LogP contribution in [0.15, 0.2) is 109 Å². The van der Waals surface area contributed by atoms with Gasteiger partial charge in [0, 0.05) is 12.8 Å². The predicted octanol–water partition coefficient (Wildman–Crippen LogP) is 12.9. The molecular weight excluding hydrogens is 661 g/mol. The first-order valence-corrected chi connectivity index (χ1v) is 20.4. The summed E-state index contributed by atoms with van der Waals surface area (Å²) in [5.74, 6) is -1.20. The lowest BCUT2D eigenvalue weighted by atomic mass is 10.1. The summed E-state index contributed by atoms with van der Waals surface area (Å²) in [5, 5.41) is 0. The maximum Gasteiger partial charge on any atom is 0.309 e. The van der Waals surface area contributed by atoms with Crippen LogP contribution in [-0.4, -0.2) is 37.2 Å². The summed E-state index contributed by atoms with van der Waals surface area (Å²) in [6.07, 6.45) is 54.1. The third-order valence-corrected chi connectivity index (χ3v) is 7.88. The molecule has 0 aromatic rings. The van der Waals surface area contributed by atoms with E-state index >= 15 is 0 Å². The Labute approximate surface area is 323 Å². The lowest BCUT2D eigenvalue weighted by Crippen LogP contribution is -2.30. The fourth-order valence-corrected chi connectivity index (χ4v) is 4.86. The van der Waals surface area contributed by atoms with Gasteiger partial charge in [0.1, 0.15) is 13.2 Å². The molecule has 0 amide bonds. The normalized spacial score (nSPS) is 13.2. The number of carbonyl (C=O) groups excluding carboxylic acids is 3. The van der Waals surface area contributed by atoms with Crippen molar-refractivity contribution in [3.05, 3.63) is 109 Å². The Kier molecular flexibility index (Phi) is 37.8. The number of unbranched alkanes of at least 4 members (excludes halogenated alkanes) is 9. The van der Waals surface area contributed by atoms with Crippen LogP contribution in [-0.2, 0) is 28.6 Å². The minimum Gasteiger partial charge on any atom is -0.462 e. The minimum atomic E-state index is -0.858. The summed E-state index contributed by atoms with van der Waals surface area (Å²) < 4.78 is 16.4. The molecular formula is C47H72O6. The molecule has 6 nitrogen and oxygen atoms in total. The van der Waals surface area contributed by atoms with Crippen LogP contribution < -0.4 is 0 Å². The molecule has 296 valence electrons. The largest absolute Gasteiger partial charge is 0.462 e. The second kappa shape index (κ2) is 40.8. The lowest BCUT2D eigenvalue weighted by molar-refractivity contribution is -0.166. The van der Waals surface area contributed by atoms with Crippen molar-refractivity contribution >= 4 is 17.9 Å². The first kappa shape index (κ1) is 49.1. The van der Waals surface area contributed by atoms with Crippen LogP contribution in [0.3, 0.4) is 0 Å². The number of esters is 3. The van der Waals surface area contributed by atoms with Crippen LogP contribution in [0.1, 0.15) is 149 Å². The Bertz CT molecular complexity index is 1160. The molecule has 0 fully saturated rings. The van der Waals surface area contributed by atoms with Crippen molar-refractivity contribution in [1.82, 2.24) is 0 Å². The van der Waals surface area contributed by atoms with Crippen LogP contribution in [0.5, 0.6) is 0 Å². The molecule has 0 aromatic heterocycles. The molecule has 0 rings (SSSR count). The number of hydrogen-bond acceptors (Lipinski definition) is 6. The first-order valence-electron chi connectivity index (χ1n) is 20.4. The highest BCUT2D eigenvalue weighted by atomic mass is 16.6. The molecule has 0 aliphatic rings. The molecule has 53 heavy (non-hydrogen) atoms. The molecule has 0 aromatic carbocycles. The first-order chi connectivity index (χ1) is 26.0. The molecule has 1 atom stereocenters. The third-order valence-electron chi connectivity index (χ3n) is 7.88. The van der Waals surface area contributed by atoms with Crippen molar-refractivity contribution in [2.75, 3.05) is 13.2 Å². The Morgan fingerprint density at radius 2 is 0.943 bits per heavy atom. The number of hydrogen-bond donors (Lipinski definition) is 0. The maximum atomic E-state index is 12.6. The van der Waals surface area contributed by atoms with Gasteiger partial charge in [-0.15, -0.1) is 0 Å². The summed E-state index contributed by atoms with van der Waals surface area (Å²) in [6.45, 7) is 6.13. The van der Waals surface area contributed by atoms with E-state index in [1.807, 2.05) is 48.6 Å². The van der Waals surface area contributed by atoms with Crippen LogP contribution >= 0.6 is 0 Å². The second-order valence-corrected chi connectivity index (χ2v) is 12.9. The minimum absolute atomic E-state index is 0.112. The zero-order valence-corrected chi connectivity index (χ0v) is 33.5. The van der Waals surface area contributed by atoms with Gasteiger partial charge < -0.3 is 14.2 Å². The Hall–Kier alpha value is -3.93. The van der Waals surface area contributed by atoms with E-state index in [9.17, 15) is 14.4 Å². The van der Waals surface area contributed by atoms with Crippen molar-refractivity contribution in [2.45, 2.75) is 155 Å². The molecule has 0 saturated heterocycles. The van der Waals surface area contributed by atoms with E-state index in [-0.39, 0.29) is 38.4 Å². The van der Waals surface area contributed by atoms with Gasteiger partial charge in [-0.1, -0.05) is 169 Å². The molecule has 6 heteroatoms. The monoisotopic (exact) mass is 733 g/mol. The molecule has 0 aliphatic heterocycles. The van der Waals surface area contributed by atoms with Gasteiger partial charge in [0.2, 0.25) is 0 Å². The fraction of sp³-hybridized carbons (Fsp3) is 0.553. The van der Waals surface area contributed by atoms with Gasteiger partial charge in [-0.2, -0.15) is 0 Å². The van der Waals surface area contributed by atoms with Gasteiger partial charge in [0.05, 0.1) is 6.42 Å². The number of carbonyl (C=O) groups is 3. The summed E-state index contributed by atoms with van der Waals surface area (Å²) in [4.78, 5) is 37.4. The van der Waals surface area contributed by atoms with Gasteiger partial charge in [-0.05, 0) is 70.6 Å². The van der Waals surface area contributed by atoms with Gasteiger partial charge in [0.25, 0.3) is 0 Å². The van der Waals surface area contributed by atoms with Crippen molar-refractivity contribution in [2.24, 2.45) is 0 Å². The molecule has 0 radical (unpaired) electrons. The molecule has 0 N–H and O–H groups in total. The van der Waals surface area contributed by atoms with Crippen LogP contribution in [0.4, 0.5) is 0 Å². The van der Waals surface area contributed by atoms with E-state index < -0.39 is 18.0 Å². The molecule has 1 unspecified atom stereocenters. The highest BCUT2D eigenvalue weighted by Gasteiger charge is 2.19. The zero-order valence-electron chi connectivity index (χ0n) is 33.5. The van der Waals surface area contributed by atoms with Gasteiger partial charge >= 0.3 is 17.9 Å². The van der Waals surface area contributed by atoms with Crippen LogP contribution in [0, 0.1) is 0 Å². The van der Waals surface area contributed by atoms with Gasteiger partial charge in [-0.3, -0.25) is 14.4 Å². The number of ether oxygens (including phenoxy) is 3. The van der Waals surface area contributed by atoms with E-state index in [4.69, 9.17) is 14.2 Å². The SMILES string of the molecule is CC\C=C/C=C\C=C/C=C\CCCCCC(=O)OCC(COC(=O)C/C=C\C/C=C\C/C=C\CC)OC(=O)CC/C=C\C/C=C\CCCCCCCC. The summed E-state index contributed by atoms with van der Waals surface area (Å²) in [5.41, 5.74) is 0. The molecule has 0 spiro atoms. The van der Waals surface area contributed by atoms with E-state index in [0.29, 0.717) is 12.8 Å². The van der Waals surface area contributed by atoms with E-state index in [1.165, 1.54) is 38.5 Å². The summed E-state index contributed by atoms with van der Waals surface area (Å²) in [7, 11) is 0. The number of rotatable bonds is 34. The Morgan fingerprint density at radius 1 is 0.434 bits per heavy atom. The molecule has 0 aliphatic carbocycles. The molecule has 0 bridgehead atoms. The average Bonchev–Trinajstić information content (AvgIpc) is 3.15. The second-order valence-electron chi connectivity index (χ2n) is 12.9. The van der Waals surface area contributed by atoms with Crippen LogP contribution in [0.2, 0.25) is 0 Å². The van der Waals surface area contributed by atoms with E-state index in [0.717, 1.165) is 57.8 Å². The van der Waals surface area contributed by atoms with Gasteiger partial charge in [0.15, 0.2) is 6.10 Å². The van der Waals surface area contributed by atoms with Crippen molar-refractivity contribution in [3.63, 3.8) is 0 Å². The Morgan fingerprint density at radius 3 is 1.62 bits per heavy atom. The number of allylic oxidation sites excluding steroid dienone is 17. The smallest absolute Gasteiger partial charge is 0.309 e.